The number of aromatic nitrogens is 2. The average Bonchev–Trinajstić information content (AvgIpc) is 3.19. The summed E-state index contributed by atoms with van der Waals surface area (Å²) in [6, 6.07) is 0.212. The molecule has 0 spiro atoms. The fraction of sp³-hybridized carbons (Fsp3) is 0.692. The molecule has 9 nitrogen and oxygen atoms in total. The van der Waals surface area contributed by atoms with Gasteiger partial charge in [-0.3, -0.25) is 14.4 Å². The lowest BCUT2D eigenvalue weighted by Crippen LogP contribution is -2.55. The van der Waals surface area contributed by atoms with Crippen LogP contribution in [-0.4, -0.2) is 51.9 Å². The highest BCUT2D eigenvalue weighted by atomic mass is 16.5. The maximum absolute atomic E-state index is 13.4. The molecule has 2 amide bonds. The van der Waals surface area contributed by atoms with Gasteiger partial charge in [0.25, 0.3) is 5.91 Å². The van der Waals surface area contributed by atoms with Gasteiger partial charge in [0.05, 0.1) is 18.2 Å². The predicted molar refractivity (Wildman–Crippen MR) is 131 cm³/mol. The van der Waals surface area contributed by atoms with Gasteiger partial charge in [0.15, 0.2) is 0 Å². The molecule has 0 atom stereocenters. The normalized spacial score (nSPS) is 27.4. The number of nitrogens with zero attached hydrogens (tertiary/aromatic N) is 2. The SMILES string of the molecule is CC(C)COc1c(C(=O)NC2C3CC4CC(C3)CC2C4)cnn1/C=C/C(C)(C)C(=O)NCC(=O)O. The van der Waals surface area contributed by atoms with Gasteiger partial charge in [-0.25, -0.2) is 4.68 Å². The van der Waals surface area contributed by atoms with Crippen molar-refractivity contribution in [1.82, 2.24) is 20.4 Å². The Morgan fingerprint density at radius 2 is 1.80 bits per heavy atom. The van der Waals surface area contributed by atoms with Crippen LogP contribution in [0.4, 0.5) is 0 Å². The van der Waals surface area contributed by atoms with E-state index in [1.54, 1.807) is 26.1 Å². The fourth-order valence-corrected chi connectivity index (χ4v) is 6.11. The molecule has 0 unspecified atom stereocenters. The number of ether oxygens (including phenoxy) is 1. The molecule has 0 radical (unpaired) electrons. The minimum atomic E-state index is -1.11. The van der Waals surface area contributed by atoms with Crippen LogP contribution in [0.3, 0.4) is 0 Å². The van der Waals surface area contributed by atoms with E-state index in [4.69, 9.17) is 9.84 Å². The van der Waals surface area contributed by atoms with Crippen molar-refractivity contribution >= 4 is 24.0 Å². The Labute approximate surface area is 206 Å². The zero-order valence-corrected chi connectivity index (χ0v) is 21.1. The summed E-state index contributed by atoms with van der Waals surface area (Å²) in [5.74, 6) is 1.69. The highest BCUT2D eigenvalue weighted by Gasteiger charge is 2.48. The Hall–Kier alpha value is -2.84. The number of amides is 2. The summed E-state index contributed by atoms with van der Waals surface area (Å²) in [6.07, 6.45) is 11.0. The summed E-state index contributed by atoms with van der Waals surface area (Å²) in [4.78, 5) is 36.6. The zero-order valence-electron chi connectivity index (χ0n) is 21.1. The lowest BCUT2D eigenvalue weighted by molar-refractivity contribution is -0.139. The Kier molecular flexibility index (Phi) is 7.24. The molecule has 0 aliphatic heterocycles. The second-order valence-corrected chi connectivity index (χ2v) is 11.6. The van der Waals surface area contributed by atoms with E-state index < -0.39 is 23.8 Å². The second kappa shape index (κ2) is 10.0. The minimum Gasteiger partial charge on any atom is -0.480 e. The summed E-state index contributed by atoms with van der Waals surface area (Å²) >= 11 is 0. The Morgan fingerprint density at radius 1 is 1.17 bits per heavy atom. The van der Waals surface area contributed by atoms with Gasteiger partial charge >= 0.3 is 5.97 Å². The van der Waals surface area contributed by atoms with Crippen LogP contribution in [0.2, 0.25) is 0 Å². The molecule has 0 saturated heterocycles. The lowest BCUT2D eigenvalue weighted by Gasteiger charge is -2.54. The van der Waals surface area contributed by atoms with E-state index in [1.807, 2.05) is 13.8 Å². The largest absolute Gasteiger partial charge is 0.480 e. The first-order valence-electron chi connectivity index (χ1n) is 12.7. The molecule has 3 N–H and O–H groups in total. The van der Waals surface area contributed by atoms with Gasteiger partial charge in [0.2, 0.25) is 11.8 Å². The molecule has 1 heterocycles. The van der Waals surface area contributed by atoms with E-state index in [0.29, 0.717) is 29.9 Å². The van der Waals surface area contributed by atoms with Crippen LogP contribution in [0.25, 0.3) is 6.20 Å². The number of hydrogen-bond donors (Lipinski definition) is 3. The molecule has 1 aromatic heterocycles. The fourth-order valence-electron chi connectivity index (χ4n) is 6.11. The van der Waals surface area contributed by atoms with E-state index in [2.05, 4.69) is 15.7 Å². The lowest BCUT2D eigenvalue weighted by atomic mass is 9.54. The van der Waals surface area contributed by atoms with Crippen molar-refractivity contribution in [3.05, 3.63) is 17.8 Å². The number of aliphatic carboxylic acids is 1. The van der Waals surface area contributed by atoms with Crippen LogP contribution in [0.15, 0.2) is 12.3 Å². The van der Waals surface area contributed by atoms with Crippen molar-refractivity contribution in [3.8, 4) is 5.88 Å². The first kappa shape index (κ1) is 25.3. The van der Waals surface area contributed by atoms with Crippen molar-refractivity contribution in [2.45, 2.75) is 65.8 Å². The van der Waals surface area contributed by atoms with Crippen molar-refractivity contribution < 1.29 is 24.2 Å². The Balaban J connectivity index is 1.50. The topological polar surface area (TPSA) is 123 Å². The van der Waals surface area contributed by atoms with E-state index in [0.717, 1.165) is 11.8 Å². The molecule has 4 bridgehead atoms. The maximum atomic E-state index is 13.4. The first-order valence-corrected chi connectivity index (χ1v) is 12.7. The van der Waals surface area contributed by atoms with Crippen LogP contribution in [-0.2, 0) is 9.59 Å². The van der Waals surface area contributed by atoms with Crippen LogP contribution in [0, 0.1) is 35.0 Å². The predicted octanol–water partition coefficient (Wildman–Crippen LogP) is 3.17. The average molecular weight is 487 g/mol. The summed E-state index contributed by atoms with van der Waals surface area (Å²) in [7, 11) is 0. The van der Waals surface area contributed by atoms with E-state index in [1.165, 1.54) is 43.0 Å². The van der Waals surface area contributed by atoms with E-state index in [9.17, 15) is 14.4 Å². The van der Waals surface area contributed by atoms with Gasteiger partial charge in [-0.2, -0.15) is 5.10 Å². The van der Waals surface area contributed by atoms with Gasteiger partial charge in [-0.15, -0.1) is 0 Å². The van der Waals surface area contributed by atoms with E-state index >= 15 is 0 Å². The Morgan fingerprint density at radius 3 is 2.37 bits per heavy atom. The van der Waals surface area contributed by atoms with Crippen molar-refractivity contribution in [2.24, 2.45) is 35.0 Å². The van der Waals surface area contributed by atoms with Gasteiger partial charge in [-0.1, -0.05) is 19.9 Å². The molecular weight excluding hydrogens is 448 g/mol. The zero-order chi connectivity index (χ0) is 25.3. The van der Waals surface area contributed by atoms with Gasteiger partial charge in [-0.05, 0) is 75.5 Å². The van der Waals surface area contributed by atoms with Gasteiger partial charge in [0, 0.05) is 12.2 Å². The van der Waals surface area contributed by atoms with Crippen LogP contribution < -0.4 is 15.4 Å². The van der Waals surface area contributed by atoms with Crippen LogP contribution in [0.1, 0.15) is 70.2 Å². The molecular formula is C26H38N4O5. The van der Waals surface area contributed by atoms with E-state index in [-0.39, 0.29) is 17.9 Å². The minimum absolute atomic E-state index is 0.167. The summed E-state index contributed by atoms with van der Waals surface area (Å²) in [6.45, 7) is 7.38. The van der Waals surface area contributed by atoms with Crippen molar-refractivity contribution in [2.75, 3.05) is 13.2 Å². The number of rotatable bonds is 10. The van der Waals surface area contributed by atoms with Gasteiger partial charge in [0.1, 0.15) is 12.1 Å². The smallest absolute Gasteiger partial charge is 0.322 e. The molecule has 0 aromatic carbocycles. The van der Waals surface area contributed by atoms with Crippen molar-refractivity contribution in [3.63, 3.8) is 0 Å². The van der Waals surface area contributed by atoms with Gasteiger partial charge < -0.3 is 20.5 Å². The maximum Gasteiger partial charge on any atom is 0.322 e. The quantitative estimate of drug-likeness (QED) is 0.467. The first-order chi connectivity index (χ1) is 16.5. The molecule has 4 saturated carbocycles. The number of carbonyl (C=O) groups excluding carboxylic acids is 2. The van der Waals surface area contributed by atoms with Crippen LogP contribution in [0.5, 0.6) is 5.88 Å². The monoisotopic (exact) mass is 486 g/mol. The highest BCUT2D eigenvalue weighted by Crippen LogP contribution is 2.53. The molecule has 4 aliphatic rings. The standard InChI is InChI=1S/C26H38N4O5/c1-15(2)14-35-24-20(12-28-30(24)6-5-26(3,4)25(34)27-13-21(31)32)23(33)29-22-18-8-16-7-17(10-18)11-19(22)9-16/h5-6,12,15-19,22H,7-11,13-14H2,1-4H3,(H,27,34)(H,29,33)(H,31,32)/b6-5+. The number of carboxylic acids is 1. The molecule has 1 aromatic rings. The number of carbonyl (C=O) groups is 3. The van der Waals surface area contributed by atoms with Crippen molar-refractivity contribution in [1.29, 1.82) is 0 Å². The number of hydrogen-bond acceptors (Lipinski definition) is 5. The molecule has 5 rings (SSSR count). The van der Waals surface area contributed by atoms with Crippen LogP contribution >= 0.6 is 0 Å². The highest BCUT2D eigenvalue weighted by molar-refractivity contribution is 5.96. The third-order valence-electron chi connectivity index (χ3n) is 7.69. The molecule has 192 valence electrons. The third kappa shape index (κ3) is 5.70. The summed E-state index contributed by atoms with van der Waals surface area (Å²) in [5, 5.41) is 18.9. The second-order valence-electron chi connectivity index (χ2n) is 11.6. The number of nitrogens with one attached hydrogen (secondary N) is 2. The summed E-state index contributed by atoms with van der Waals surface area (Å²) < 4.78 is 7.49. The number of carboxylic acid groups (broad SMARTS) is 1. The third-order valence-corrected chi connectivity index (χ3v) is 7.69. The molecule has 4 fully saturated rings. The molecule has 4 aliphatic carbocycles. The Bertz CT molecular complexity index is 968. The summed E-state index contributed by atoms with van der Waals surface area (Å²) in [5.41, 5.74) is -0.600. The molecule has 35 heavy (non-hydrogen) atoms. The molecule has 9 heteroatoms.